The Bertz CT molecular complexity index is 663. The van der Waals surface area contributed by atoms with Gasteiger partial charge >= 0.3 is 5.97 Å². The number of carbonyl (C=O) groups excluding carboxylic acids is 1. The van der Waals surface area contributed by atoms with Crippen molar-refractivity contribution in [3.05, 3.63) is 29.6 Å². The van der Waals surface area contributed by atoms with Gasteiger partial charge in [0.25, 0.3) is 0 Å². The molecule has 122 valence electrons. The Morgan fingerprint density at radius 3 is 2.82 bits per heavy atom. The largest absolute Gasteiger partial charge is 0.465 e. The summed E-state index contributed by atoms with van der Waals surface area (Å²) in [5, 5.41) is 0. The fourth-order valence-electron chi connectivity index (χ4n) is 2.67. The lowest BCUT2D eigenvalue weighted by Gasteiger charge is -2.34. The minimum absolute atomic E-state index is 0.183. The molecule has 1 unspecified atom stereocenters. The SMILES string of the molecule is COC(=O)c1c(F)cccc1S(=O)(=O)N1CCCCC1CN. The Morgan fingerprint density at radius 1 is 1.45 bits per heavy atom. The molecular formula is C14H19FN2O4S. The quantitative estimate of drug-likeness (QED) is 0.836. The molecule has 0 aliphatic carbocycles. The summed E-state index contributed by atoms with van der Waals surface area (Å²) < 4.78 is 45.4. The molecule has 1 aliphatic rings. The average Bonchev–Trinajstić information content (AvgIpc) is 2.53. The molecule has 6 nitrogen and oxygen atoms in total. The number of benzene rings is 1. The summed E-state index contributed by atoms with van der Waals surface area (Å²) in [5.41, 5.74) is 5.09. The first kappa shape index (κ1) is 16.9. The molecule has 1 atom stereocenters. The first-order valence-corrected chi connectivity index (χ1v) is 8.46. The van der Waals surface area contributed by atoms with Gasteiger partial charge in [-0.1, -0.05) is 12.5 Å². The van der Waals surface area contributed by atoms with Gasteiger partial charge in [-0.2, -0.15) is 4.31 Å². The molecule has 0 radical (unpaired) electrons. The lowest BCUT2D eigenvalue weighted by Crippen LogP contribution is -2.47. The highest BCUT2D eigenvalue weighted by Gasteiger charge is 2.36. The van der Waals surface area contributed by atoms with Gasteiger partial charge in [0.1, 0.15) is 11.4 Å². The standard InChI is InChI=1S/C14H19FN2O4S/c1-21-14(18)13-11(15)6-4-7-12(13)22(19,20)17-8-3-2-5-10(17)9-16/h4,6-7,10H,2-3,5,8-9,16H2,1H3. The van der Waals surface area contributed by atoms with Crippen molar-refractivity contribution in [1.29, 1.82) is 0 Å². The second kappa shape index (κ2) is 6.72. The van der Waals surface area contributed by atoms with Crippen LogP contribution in [-0.4, -0.2) is 44.9 Å². The van der Waals surface area contributed by atoms with Gasteiger partial charge in [0, 0.05) is 19.1 Å². The summed E-state index contributed by atoms with van der Waals surface area (Å²) in [5.74, 6) is -1.94. The molecule has 1 saturated heterocycles. The van der Waals surface area contributed by atoms with E-state index in [1.165, 1.54) is 16.4 Å². The second-order valence-corrected chi connectivity index (χ2v) is 6.96. The van der Waals surface area contributed by atoms with Crippen molar-refractivity contribution in [3.63, 3.8) is 0 Å². The molecule has 0 bridgehead atoms. The minimum atomic E-state index is -4.02. The molecule has 22 heavy (non-hydrogen) atoms. The van der Waals surface area contributed by atoms with Crippen LogP contribution in [0.25, 0.3) is 0 Å². The predicted octanol–water partition coefficient (Wildman–Crippen LogP) is 1.11. The molecule has 0 aromatic heterocycles. The van der Waals surface area contributed by atoms with Gasteiger partial charge < -0.3 is 10.5 Å². The predicted molar refractivity (Wildman–Crippen MR) is 78.3 cm³/mol. The zero-order chi connectivity index (χ0) is 16.3. The van der Waals surface area contributed by atoms with Crippen molar-refractivity contribution in [2.75, 3.05) is 20.2 Å². The number of piperidine rings is 1. The van der Waals surface area contributed by atoms with Crippen LogP contribution in [0.2, 0.25) is 0 Å². The number of hydrogen-bond acceptors (Lipinski definition) is 5. The molecule has 1 aliphatic heterocycles. The van der Waals surface area contributed by atoms with Crippen molar-refractivity contribution >= 4 is 16.0 Å². The maximum atomic E-state index is 14.0. The minimum Gasteiger partial charge on any atom is -0.465 e. The first-order valence-electron chi connectivity index (χ1n) is 7.02. The molecule has 2 rings (SSSR count). The number of carbonyl (C=O) groups is 1. The molecule has 1 aromatic rings. The Hall–Kier alpha value is -1.51. The Morgan fingerprint density at radius 2 is 2.18 bits per heavy atom. The zero-order valence-electron chi connectivity index (χ0n) is 12.3. The molecule has 0 amide bonds. The molecular weight excluding hydrogens is 311 g/mol. The summed E-state index contributed by atoms with van der Waals surface area (Å²) in [7, 11) is -2.94. The van der Waals surface area contributed by atoms with E-state index in [2.05, 4.69) is 4.74 Å². The normalized spacial score (nSPS) is 19.9. The zero-order valence-corrected chi connectivity index (χ0v) is 13.1. The van der Waals surface area contributed by atoms with Gasteiger partial charge in [0.2, 0.25) is 10.0 Å². The third-order valence-corrected chi connectivity index (χ3v) is 5.79. The van der Waals surface area contributed by atoms with Crippen LogP contribution in [0.15, 0.2) is 23.1 Å². The molecule has 0 saturated carbocycles. The van der Waals surface area contributed by atoms with Crippen LogP contribution in [0, 0.1) is 5.82 Å². The molecule has 2 N–H and O–H groups in total. The van der Waals surface area contributed by atoms with Crippen LogP contribution in [0.1, 0.15) is 29.6 Å². The van der Waals surface area contributed by atoms with E-state index in [9.17, 15) is 17.6 Å². The highest BCUT2D eigenvalue weighted by atomic mass is 32.2. The fourth-order valence-corrected chi connectivity index (χ4v) is 4.57. The Kier molecular flexibility index (Phi) is 5.15. The smallest absolute Gasteiger partial charge is 0.342 e. The number of hydrogen-bond donors (Lipinski definition) is 1. The number of sulfonamides is 1. The Balaban J connectivity index is 2.54. The van der Waals surface area contributed by atoms with Crippen LogP contribution < -0.4 is 5.73 Å². The van der Waals surface area contributed by atoms with Crippen molar-refractivity contribution in [1.82, 2.24) is 4.31 Å². The van der Waals surface area contributed by atoms with E-state index in [0.717, 1.165) is 19.6 Å². The number of halogens is 1. The summed E-state index contributed by atoms with van der Waals surface area (Å²) in [4.78, 5) is 11.4. The fraction of sp³-hybridized carbons (Fsp3) is 0.500. The second-order valence-electron chi connectivity index (χ2n) is 5.11. The highest BCUT2D eigenvalue weighted by Crippen LogP contribution is 2.28. The first-order chi connectivity index (χ1) is 10.4. The van der Waals surface area contributed by atoms with Crippen LogP contribution >= 0.6 is 0 Å². The van der Waals surface area contributed by atoms with Gasteiger partial charge in [0.15, 0.2) is 0 Å². The number of methoxy groups -OCH3 is 1. The average molecular weight is 330 g/mol. The van der Waals surface area contributed by atoms with Gasteiger partial charge in [-0.05, 0) is 25.0 Å². The van der Waals surface area contributed by atoms with E-state index >= 15 is 0 Å². The number of nitrogens with zero attached hydrogens (tertiary/aromatic N) is 1. The topological polar surface area (TPSA) is 89.7 Å². The van der Waals surface area contributed by atoms with E-state index < -0.39 is 27.4 Å². The summed E-state index contributed by atoms with van der Waals surface area (Å²) in [6, 6.07) is 3.16. The summed E-state index contributed by atoms with van der Waals surface area (Å²) in [6.45, 7) is 0.490. The molecule has 1 fully saturated rings. The van der Waals surface area contributed by atoms with Gasteiger partial charge in [-0.15, -0.1) is 0 Å². The number of esters is 1. The molecule has 1 heterocycles. The van der Waals surface area contributed by atoms with Crippen molar-refractivity contribution in [2.45, 2.75) is 30.2 Å². The van der Waals surface area contributed by atoms with Crippen molar-refractivity contribution < 1.29 is 22.3 Å². The monoisotopic (exact) mass is 330 g/mol. The molecule has 0 spiro atoms. The van der Waals surface area contributed by atoms with Crippen molar-refractivity contribution in [3.8, 4) is 0 Å². The van der Waals surface area contributed by atoms with E-state index in [1.807, 2.05) is 0 Å². The maximum absolute atomic E-state index is 14.0. The summed E-state index contributed by atoms with van der Waals surface area (Å²) >= 11 is 0. The van der Waals surface area contributed by atoms with E-state index in [1.54, 1.807) is 0 Å². The Labute approximate surface area is 129 Å². The summed E-state index contributed by atoms with van der Waals surface area (Å²) in [6.07, 6.45) is 2.25. The molecule has 1 aromatic carbocycles. The molecule has 8 heteroatoms. The third kappa shape index (κ3) is 2.99. The van der Waals surface area contributed by atoms with Crippen LogP contribution in [0.5, 0.6) is 0 Å². The van der Waals surface area contributed by atoms with Gasteiger partial charge in [-0.25, -0.2) is 17.6 Å². The van der Waals surface area contributed by atoms with Crippen LogP contribution in [0.3, 0.4) is 0 Å². The van der Waals surface area contributed by atoms with E-state index in [-0.39, 0.29) is 17.5 Å². The van der Waals surface area contributed by atoms with Gasteiger partial charge in [-0.3, -0.25) is 0 Å². The van der Waals surface area contributed by atoms with Crippen LogP contribution in [0.4, 0.5) is 4.39 Å². The van der Waals surface area contributed by atoms with Crippen molar-refractivity contribution in [2.24, 2.45) is 5.73 Å². The number of ether oxygens (including phenoxy) is 1. The van der Waals surface area contributed by atoms with Crippen LogP contribution in [-0.2, 0) is 14.8 Å². The lowest BCUT2D eigenvalue weighted by molar-refractivity contribution is 0.0590. The van der Waals surface area contributed by atoms with E-state index in [0.29, 0.717) is 19.4 Å². The lowest BCUT2D eigenvalue weighted by atomic mass is 10.1. The highest BCUT2D eigenvalue weighted by molar-refractivity contribution is 7.89. The number of rotatable bonds is 4. The van der Waals surface area contributed by atoms with E-state index in [4.69, 9.17) is 5.73 Å². The third-order valence-electron chi connectivity index (χ3n) is 3.80. The number of nitrogens with two attached hydrogens (primary N) is 1. The maximum Gasteiger partial charge on any atom is 0.342 e. The van der Waals surface area contributed by atoms with Gasteiger partial charge in [0.05, 0.1) is 12.0 Å².